The molecule has 0 spiro atoms. The van der Waals surface area contributed by atoms with Crippen LogP contribution in [0.15, 0.2) is 0 Å². The zero-order chi connectivity index (χ0) is 16.2. The fourth-order valence-corrected chi connectivity index (χ4v) is 2.19. The van der Waals surface area contributed by atoms with Gasteiger partial charge in [0.2, 0.25) is 5.91 Å². The van der Waals surface area contributed by atoms with Crippen LogP contribution in [0.25, 0.3) is 0 Å². The van der Waals surface area contributed by atoms with Crippen LogP contribution < -0.4 is 11.1 Å². The number of aliphatic hydroxyl groups is 3. The van der Waals surface area contributed by atoms with Crippen LogP contribution in [0.2, 0.25) is 0 Å². The van der Waals surface area contributed by atoms with Crippen LogP contribution in [0.1, 0.15) is 6.92 Å². The lowest BCUT2D eigenvalue weighted by atomic mass is 9.96. The Balaban J connectivity index is 2.84. The monoisotopic (exact) mass is 308 g/mol. The van der Waals surface area contributed by atoms with Crippen LogP contribution in [0, 0.1) is 0 Å². The molecule has 0 aromatic rings. The maximum Gasteiger partial charge on any atom is 0.240 e. The van der Waals surface area contributed by atoms with E-state index in [9.17, 15) is 20.1 Å². The van der Waals surface area contributed by atoms with Gasteiger partial charge in [-0.15, -0.1) is 0 Å². The summed E-state index contributed by atoms with van der Waals surface area (Å²) in [5, 5.41) is 31.3. The second-order valence-electron chi connectivity index (χ2n) is 4.95. The number of carbonyl (C=O) groups is 1. The first-order chi connectivity index (χ1) is 9.87. The summed E-state index contributed by atoms with van der Waals surface area (Å²) in [5.74, 6) is -0.656. The van der Waals surface area contributed by atoms with E-state index < -0.39 is 48.7 Å². The van der Waals surface area contributed by atoms with Gasteiger partial charge in [0.25, 0.3) is 0 Å². The molecular weight excluding hydrogens is 284 g/mol. The lowest BCUT2D eigenvalue weighted by molar-refractivity contribution is -0.267. The molecular formula is C12H24N2O7. The zero-order valence-electron chi connectivity index (χ0n) is 12.3. The molecule has 0 radical (unpaired) electrons. The first-order valence-electron chi connectivity index (χ1n) is 6.61. The third-order valence-electron chi connectivity index (χ3n) is 3.49. The SMILES string of the molecule is CO[C@@H]1OC(CO)[C@@H](OC)[C@H](O)C1NC(=O)C(N)C(C)O. The fraction of sp³-hybridized carbons (Fsp3) is 0.917. The van der Waals surface area contributed by atoms with Crippen LogP contribution in [0.5, 0.6) is 0 Å². The van der Waals surface area contributed by atoms with E-state index in [0.29, 0.717) is 0 Å². The van der Waals surface area contributed by atoms with Gasteiger partial charge in [0.05, 0.1) is 12.7 Å². The molecule has 0 aromatic heterocycles. The van der Waals surface area contributed by atoms with Gasteiger partial charge in [-0.1, -0.05) is 0 Å². The maximum atomic E-state index is 11.9. The molecule has 1 amide bonds. The Labute approximate surface area is 123 Å². The molecule has 1 rings (SSSR count). The molecule has 0 aromatic carbocycles. The molecule has 0 saturated carbocycles. The molecule has 6 N–H and O–H groups in total. The van der Waals surface area contributed by atoms with Gasteiger partial charge in [-0.05, 0) is 6.92 Å². The average Bonchev–Trinajstić information content (AvgIpc) is 2.47. The lowest BCUT2D eigenvalue weighted by Gasteiger charge is -2.43. The van der Waals surface area contributed by atoms with Crippen molar-refractivity contribution < 1.29 is 34.3 Å². The van der Waals surface area contributed by atoms with E-state index in [1.165, 1.54) is 21.1 Å². The molecule has 7 atom stereocenters. The number of nitrogens with one attached hydrogen (secondary N) is 1. The molecule has 4 unspecified atom stereocenters. The van der Waals surface area contributed by atoms with Crippen molar-refractivity contribution >= 4 is 5.91 Å². The summed E-state index contributed by atoms with van der Waals surface area (Å²) in [7, 11) is 2.69. The van der Waals surface area contributed by atoms with E-state index in [4.69, 9.17) is 19.9 Å². The number of aliphatic hydroxyl groups excluding tert-OH is 3. The van der Waals surface area contributed by atoms with Gasteiger partial charge in [-0.25, -0.2) is 0 Å². The third-order valence-corrected chi connectivity index (χ3v) is 3.49. The molecule has 1 aliphatic heterocycles. The van der Waals surface area contributed by atoms with Crippen molar-refractivity contribution in [2.75, 3.05) is 20.8 Å². The molecule has 0 aliphatic carbocycles. The Kier molecular flexibility index (Phi) is 6.94. The Morgan fingerprint density at radius 1 is 1.43 bits per heavy atom. The van der Waals surface area contributed by atoms with Crippen molar-refractivity contribution in [3.63, 3.8) is 0 Å². The Bertz CT molecular complexity index is 342. The van der Waals surface area contributed by atoms with Gasteiger partial charge >= 0.3 is 0 Å². The first-order valence-corrected chi connectivity index (χ1v) is 6.61. The number of methoxy groups -OCH3 is 2. The Hall–Kier alpha value is -0.810. The number of carbonyl (C=O) groups excluding carboxylic acids is 1. The highest BCUT2D eigenvalue weighted by atomic mass is 16.7. The van der Waals surface area contributed by atoms with Gasteiger partial charge in [-0.2, -0.15) is 0 Å². The van der Waals surface area contributed by atoms with Crippen molar-refractivity contribution in [3.8, 4) is 0 Å². The fourth-order valence-electron chi connectivity index (χ4n) is 2.19. The number of hydrogen-bond acceptors (Lipinski definition) is 8. The van der Waals surface area contributed by atoms with Gasteiger partial charge in [0.15, 0.2) is 6.29 Å². The predicted molar refractivity (Wildman–Crippen MR) is 71.1 cm³/mol. The summed E-state index contributed by atoms with van der Waals surface area (Å²) in [6.07, 6.45) is -4.82. The van der Waals surface area contributed by atoms with Crippen LogP contribution >= 0.6 is 0 Å². The summed E-state index contributed by atoms with van der Waals surface area (Å²) in [4.78, 5) is 11.9. The van der Waals surface area contributed by atoms with E-state index in [1.54, 1.807) is 0 Å². The van der Waals surface area contributed by atoms with Crippen LogP contribution in [0.3, 0.4) is 0 Å². The third kappa shape index (κ3) is 4.10. The van der Waals surface area contributed by atoms with Gasteiger partial charge in [-0.3, -0.25) is 4.79 Å². The van der Waals surface area contributed by atoms with E-state index >= 15 is 0 Å². The highest BCUT2D eigenvalue weighted by molar-refractivity contribution is 5.82. The van der Waals surface area contributed by atoms with Crippen molar-refractivity contribution in [1.29, 1.82) is 0 Å². The lowest BCUT2D eigenvalue weighted by Crippen LogP contribution is -2.66. The van der Waals surface area contributed by atoms with Crippen LogP contribution in [-0.2, 0) is 19.0 Å². The minimum atomic E-state index is -1.17. The highest BCUT2D eigenvalue weighted by Gasteiger charge is 2.46. The standard InChI is InChI=1S/C12H24N2O7/c1-5(16)7(13)11(18)14-8-9(17)10(19-2)6(4-15)21-12(8)20-3/h5-10,12,15-17H,4,13H2,1-3H3,(H,14,18)/t5?,6?,7?,8?,9-,10-,12-/m1/s1. The Morgan fingerprint density at radius 3 is 2.48 bits per heavy atom. The minimum Gasteiger partial charge on any atom is -0.394 e. The second kappa shape index (κ2) is 7.99. The quantitative estimate of drug-likeness (QED) is 0.347. The number of nitrogens with two attached hydrogens (primary N) is 1. The number of hydrogen-bond donors (Lipinski definition) is 5. The number of rotatable bonds is 6. The summed E-state index contributed by atoms with van der Waals surface area (Å²) in [5.41, 5.74) is 5.53. The number of amides is 1. The maximum absolute atomic E-state index is 11.9. The summed E-state index contributed by atoms with van der Waals surface area (Å²) >= 11 is 0. The second-order valence-corrected chi connectivity index (χ2v) is 4.95. The number of ether oxygens (including phenoxy) is 3. The molecule has 9 nitrogen and oxygen atoms in total. The molecule has 1 aliphatic rings. The molecule has 124 valence electrons. The van der Waals surface area contributed by atoms with E-state index in [0.717, 1.165) is 0 Å². The largest absolute Gasteiger partial charge is 0.394 e. The van der Waals surface area contributed by atoms with Crippen LogP contribution in [-0.4, -0.2) is 84.8 Å². The Morgan fingerprint density at radius 2 is 2.05 bits per heavy atom. The van der Waals surface area contributed by atoms with Crippen molar-refractivity contribution in [3.05, 3.63) is 0 Å². The normalized spacial score (nSPS) is 36.0. The average molecular weight is 308 g/mol. The smallest absolute Gasteiger partial charge is 0.240 e. The van der Waals surface area contributed by atoms with Crippen molar-refractivity contribution in [2.45, 2.75) is 49.7 Å². The van der Waals surface area contributed by atoms with E-state index in [1.807, 2.05) is 0 Å². The summed E-state index contributed by atoms with van der Waals surface area (Å²) in [6.45, 7) is 1.01. The first kappa shape index (κ1) is 18.2. The van der Waals surface area contributed by atoms with Gasteiger partial charge < -0.3 is 40.6 Å². The predicted octanol–water partition coefficient (Wildman–Crippen LogP) is -3.08. The van der Waals surface area contributed by atoms with E-state index in [2.05, 4.69) is 5.32 Å². The molecule has 1 fully saturated rings. The van der Waals surface area contributed by atoms with Gasteiger partial charge in [0, 0.05) is 14.2 Å². The highest BCUT2D eigenvalue weighted by Crippen LogP contribution is 2.23. The zero-order valence-corrected chi connectivity index (χ0v) is 12.3. The van der Waals surface area contributed by atoms with Gasteiger partial charge in [0.1, 0.15) is 30.4 Å². The van der Waals surface area contributed by atoms with Crippen LogP contribution in [0.4, 0.5) is 0 Å². The molecule has 0 bridgehead atoms. The molecule has 21 heavy (non-hydrogen) atoms. The minimum absolute atomic E-state index is 0.372. The topological polar surface area (TPSA) is 144 Å². The molecule has 1 heterocycles. The van der Waals surface area contributed by atoms with E-state index in [-0.39, 0.29) is 6.61 Å². The summed E-state index contributed by atoms with van der Waals surface area (Å²) in [6, 6.07) is -2.09. The van der Waals surface area contributed by atoms with Crippen molar-refractivity contribution in [2.24, 2.45) is 5.73 Å². The molecule has 1 saturated heterocycles. The van der Waals surface area contributed by atoms with Crippen molar-refractivity contribution in [1.82, 2.24) is 5.32 Å². The summed E-state index contributed by atoms with van der Waals surface area (Å²) < 4.78 is 15.6. The molecule has 9 heteroatoms.